The molecule has 0 amide bonds. The van der Waals surface area contributed by atoms with E-state index in [0.717, 1.165) is 49.6 Å². The zero-order chi connectivity index (χ0) is 22.3. The Bertz CT molecular complexity index is 1210. The van der Waals surface area contributed by atoms with Gasteiger partial charge in [0.25, 0.3) is 0 Å². The molecule has 0 N–H and O–H groups in total. The molecule has 4 aromatic rings. The number of rotatable bonds is 7. The molecule has 33 heavy (non-hydrogen) atoms. The van der Waals surface area contributed by atoms with Gasteiger partial charge < -0.3 is 4.74 Å². The van der Waals surface area contributed by atoms with Crippen molar-refractivity contribution >= 4 is 17.0 Å². The Morgan fingerprint density at radius 3 is 2.39 bits per heavy atom. The lowest BCUT2D eigenvalue weighted by molar-refractivity contribution is 0.131. The lowest BCUT2D eigenvalue weighted by atomic mass is 10.0. The number of hydrogen-bond acceptors (Lipinski definition) is 4. The van der Waals surface area contributed by atoms with Crippen molar-refractivity contribution in [2.75, 3.05) is 26.2 Å². The number of benzene rings is 4. The number of ether oxygens (including phenoxy) is 1. The first-order valence-corrected chi connectivity index (χ1v) is 11.6. The van der Waals surface area contributed by atoms with Gasteiger partial charge in [0, 0.05) is 32.7 Å². The fourth-order valence-corrected chi connectivity index (χ4v) is 4.26. The standard InChI is InChI=1S/C29H29N3O/c1-2-8-24(9-3-1)23-33-28-14-6-10-25(20-28)21-30-32-18-16-31(17-19-32)22-27-13-7-12-26-11-4-5-15-29(26)27/h1-15,20-21H,16-19,22-23H2/b30-21+. The van der Waals surface area contributed by atoms with Gasteiger partial charge in [0.1, 0.15) is 12.4 Å². The molecule has 1 saturated heterocycles. The number of hydrazone groups is 1. The van der Waals surface area contributed by atoms with E-state index in [1.54, 1.807) is 0 Å². The van der Waals surface area contributed by atoms with Crippen molar-refractivity contribution in [1.29, 1.82) is 0 Å². The van der Waals surface area contributed by atoms with Gasteiger partial charge in [-0.1, -0.05) is 84.9 Å². The van der Waals surface area contributed by atoms with Gasteiger partial charge in [-0.05, 0) is 39.6 Å². The summed E-state index contributed by atoms with van der Waals surface area (Å²) in [6.45, 7) is 5.46. The van der Waals surface area contributed by atoms with Crippen molar-refractivity contribution in [2.24, 2.45) is 5.10 Å². The summed E-state index contributed by atoms with van der Waals surface area (Å²) in [6, 6.07) is 33.6. The highest BCUT2D eigenvalue weighted by Gasteiger charge is 2.16. The predicted octanol–water partition coefficient (Wildman–Crippen LogP) is 5.57. The summed E-state index contributed by atoms with van der Waals surface area (Å²) >= 11 is 0. The normalized spacial score (nSPS) is 14.7. The van der Waals surface area contributed by atoms with Crippen molar-refractivity contribution in [3.8, 4) is 5.75 Å². The van der Waals surface area contributed by atoms with E-state index in [2.05, 4.69) is 70.6 Å². The van der Waals surface area contributed by atoms with Crippen molar-refractivity contribution < 1.29 is 4.74 Å². The van der Waals surface area contributed by atoms with Gasteiger partial charge in [-0.2, -0.15) is 5.10 Å². The van der Waals surface area contributed by atoms with Crippen molar-refractivity contribution in [3.63, 3.8) is 0 Å². The van der Waals surface area contributed by atoms with Crippen molar-refractivity contribution in [1.82, 2.24) is 9.91 Å². The van der Waals surface area contributed by atoms with Gasteiger partial charge in [-0.3, -0.25) is 9.91 Å². The first kappa shape index (κ1) is 21.2. The third-order valence-electron chi connectivity index (χ3n) is 6.10. The van der Waals surface area contributed by atoms with Crippen LogP contribution in [0.3, 0.4) is 0 Å². The Hall–Kier alpha value is -3.63. The quantitative estimate of drug-likeness (QED) is 0.355. The Kier molecular flexibility index (Phi) is 6.64. The highest BCUT2D eigenvalue weighted by atomic mass is 16.5. The summed E-state index contributed by atoms with van der Waals surface area (Å²) in [5.74, 6) is 0.864. The smallest absolute Gasteiger partial charge is 0.120 e. The van der Waals surface area contributed by atoms with Gasteiger partial charge in [0.05, 0.1) is 6.21 Å². The summed E-state index contributed by atoms with van der Waals surface area (Å²) in [5.41, 5.74) is 3.62. The lowest BCUT2D eigenvalue weighted by Gasteiger charge is -2.33. The second-order valence-electron chi connectivity index (χ2n) is 8.46. The maximum atomic E-state index is 5.94. The van der Waals surface area contributed by atoms with Crippen LogP contribution in [0, 0.1) is 0 Å². The Balaban J connectivity index is 1.14. The highest BCUT2D eigenvalue weighted by Crippen LogP contribution is 2.21. The topological polar surface area (TPSA) is 28.1 Å². The molecular weight excluding hydrogens is 406 g/mol. The monoisotopic (exact) mass is 435 g/mol. The van der Waals surface area contributed by atoms with Crippen LogP contribution in [0.15, 0.2) is 102 Å². The second-order valence-corrected chi connectivity index (χ2v) is 8.46. The van der Waals surface area contributed by atoms with Crippen molar-refractivity contribution in [2.45, 2.75) is 13.2 Å². The van der Waals surface area contributed by atoms with Gasteiger partial charge in [0.15, 0.2) is 0 Å². The minimum atomic E-state index is 0.570. The molecule has 0 aliphatic carbocycles. The van der Waals surface area contributed by atoms with Crippen molar-refractivity contribution in [3.05, 3.63) is 114 Å². The molecule has 0 spiro atoms. The molecule has 0 unspecified atom stereocenters. The SMILES string of the molecule is C(=N\N1CCN(Cc2cccc3ccccc23)CC1)/c1cccc(OCc2ccccc2)c1. The predicted molar refractivity (Wildman–Crippen MR) is 136 cm³/mol. The van der Waals surface area contributed by atoms with Crippen LogP contribution in [-0.2, 0) is 13.2 Å². The Morgan fingerprint density at radius 1 is 0.758 bits per heavy atom. The molecule has 0 aromatic heterocycles. The molecule has 1 aliphatic rings. The number of fused-ring (bicyclic) bond motifs is 1. The molecule has 4 heteroatoms. The summed E-state index contributed by atoms with van der Waals surface area (Å²) in [5, 5.41) is 9.56. The summed E-state index contributed by atoms with van der Waals surface area (Å²) in [4.78, 5) is 2.52. The van der Waals surface area contributed by atoms with E-state index in [-0.39, 0.29) is 0 Å². The maximum Gasteiger partial charge on any atom is 0.120 e. The van der Waals surface area contributed by atoms with E-state index in [4.69, 9.17) is 9.84 Å². The van der Waals surface area contributed by atoms with Crippen LogP contribution in [0.1, 0.15) is 16.7 Å². The summed E-state index contributed by atoms with van der Waals surface area (Å²) in [6.07, 6.45) is 1.94. The first-order chi connectivity index (χ1) is 16.3. The zero-order valence-corrected chi connectivity index (χ0v) is 18.8. The second kappa shape index (κ2) is 10.3. The molecule has 4 nitrogen and oxygen atoms in total. The summed E-state index contributed by atoms with van der Waals surface area (Å²) in [7, 11) is 0. The van der Waals surface area contributed by atoms with E-state index < -0.39 is 0 Å². The molecule has 5 rings (SSSR count). The van der Waals surface area contributed by atoms with Crippen LogP contribution in [0.4, 0.5) is 0 Å². The summed E-state index contributed by atoms with van der Waals surface area (Å²) < 4.78 is 5.94. The molecule has 166 valence electrons. The first-order valence-electron chi connectivity index (χ1n) is 11.6. The lowest BCUT2D eigenvalue weighted by Crippen LogP contribution is -2.43. The molecule has 0 radical (unpaired) electrons. The van der Waals surface area contributed by atoms with Gasteiger partial charge in [-0.15, -0.1) is 0 Å². The average molecular weight is 436 g/mol. The molecule has 1 fully saturated rings. The minimum absolute atomic E-state index is 0.570. The van der Waals surface area contributed by atoms with Crippen LogP contribution >= 0.6 is 0 Å². The average Bonchev–Trinajstić information content (AvgIpc) is 2.88. The zero-order valence-electron chi connectivity index (χ0n) is 18.8. The van der Waals surface area contributed by atoms with E-state index in [1.807, 2.05) is 42.6 Å². The number of nitrogens with zero attached hydrogens (tertiary/aromatic N) is 3. The van der Waals surface area contributed by atoms with Crippen LogP contribution < -0.4 is 4.74 Å². The van der Waals surface area contributed by atoms with Crippen LogP contribution in [0.5, 0.6) is 5.75 Å². The molecule has 0 bridgehead atoms. The van der Waals surface area contributed by atoms with Gasteiger partial charge in [0.2, 0.25) is 0 Å². The van der Waals surface area contributed by atoms with E-state index >= 15 is 0 Å². The van der Waals surface area contributed by atoms with E-state index in [0.29, 0.717) is 6.61 Å². The fourth-order valence-electron chi connectivity index (χ4n) is 4.26. The third-order valence-corrected chi connectivity index (χ3v) is 6.10. The van der Waals surface area contributed by atoms with E-state index in [1.165, 1.54) is 16.3 Å². The number of hydrogen-bond donors (Lipinski definition) is 0. The maximum absolute atomic E-state index is 5.94. The molecular formula is C29H29N3O. The number of piperazine rings is 1. The van der Waals surface area contributed by atoms with Crippen LogP contribution in [0.25, 0.3) is 10.8 Å². The van der Waals surface area contributed by atoms with Gasteiger partial charge in [-0.25, -0.2) is 0 Å². The molecule has 0 saturated carbocycles. The third kappa shape index (κ3) is 5.60. The molecule has 1 heterocycles. The molecule has 0 atom stereocenters. The fraction of sp³-hybridized carbons (Fsp3) is 0.207. The van der Waals surface area contributed by atoms with Crippen LogP contribution in [0.2, 0.25) is 0 Å². The largest absolute Gasteiger partial charge is 0.489 e. The molecule has 4 aromatic carbocycles. The Morgan fingerprint density at radius 2 is 1.52 bits per heavy atom. The van der Waals surface area contributed by atoms with Gasteiger partial charge >= 0.3 is 0 Å². The van der Waals surface area contributed by atoms with Crippen LogP contribution in [-0.4, -0.2) is 42.3 Å². The minimum Gasteiger partial charge on any atom is -0.489 e. The Labute approximate surface area is 195 Å². The van der Waals surface area contributed by atoms with E-state index in [9.17, 15) is 0 Å². The highest BCUT2D eigenvalue weighted by molar-refractivity contribution is 5.85. The molecule has 1 aliphatic heterocycles.